The van der Waals surface area contributed by atoms with Crippen molar-refractivity contribution in [2.45, 2.75) is 78.4 Å². The van der Waals surface area contributed by atoms with Crippen molar-refractivity contribution in [3.63, 3.8) is 0 Å². The van der Waals surface area contributed by atoms with Gasteiger partial charge in [0, 0.05) is 11.3 Å². The lowest BCUT2D eigenvalue weighted by Crippen LogP contribution is -2.29. The summed E-state index contributed by atoms with van der Waals surface area (Å²) in [6, 6.07) is 21.9. The molecular weight excluding hydrogens is 486 g/mol. The van der Waals surface area contributed by atoms with Gasteiger partial charge in [0.25, 0.3) is 11.7 Å². The summed E-state index contributed by atoms with van der Waals surface area (Å²) >= 11 is 0. The molecule has 0 saturated carbocycles. The lowest BCUT2D eigenvalue weighted by Gasteiger charge is -2.27. The predicted molar refractivity (Wildman–Crippen MR) is 157 cm³/mol. The zero-order valence-corrected chi connectivity index (χ0v) is 24.2. The van der Waals surface area contributed by atoms with Crippen LogP contribution in [-0.4, -0.2) is 22.9 Å². The molecule has 0 spiro atoms. The molecule has 0 aliphatic carbocycles. The molecule has 5 nitrogen and oxygen atoms in total. The number of hydrogen-bond donors (Lipinski definition) is 1. The number of ketones is 1. The van der Waals surface area contributed by atoms with Gasteiger partial charge in [-0.25, -0.2) is 0 Å². The maximum Gasteiger partial charge on any atom is 0.300 e. The fourth-order valence-corrected chi connectivity index (χ4v) is 4.85. The average molecular weight is 526 g/mol. The number of amides is 1. The second kappa shape index (κ2) is 10.4. The molecule has 3 aromatic rings. The second-order valence-corrected chi connectivity index (χ2v) is 12.5. The van der Waals surface area contributed by atoms with Crippen LogP contribution >= 0.6 is 0 Å². The van der Waals surface area contributed by atoms with Crippen LogP contribution in [0.3, 0.4) is 0 Å². The fourth-order valence-electron chi connectivity index (χ4n) is 4.85. The lowest BCUT2D eigenvalue weighted by molar-refractivity contribution is -0.132. The minimum Gasteiger partial charge on any atom is -0.507 e. The van der Waals surface area contributed by atoms with Gasteiger partial charge in [0.15, 0.2) is 0 Å². The molecule has 1 saturated heterocycles. The standard InChI is InChI=1S/C34H39NO4/c1-21(2)39-27-11-9-10-23(20-27)30(36)28-29(22-12-14-24(15-13-22)33(3,4)5)35(32(38)31(28)37)26-18-16-25(17-19-26)34(6,7)8/h9-21,29,36H,1-8H3/b30-28-. The Hall–Kier alpha value is -3.86. The zero-order valence-electron chi connectivity index (χ0n) is 24.2. The van der Waals surface area contributed by atoms with Crippen molar-refractivity contribution in [3.05, 3.63) is 101 Å². The van der Waals surface area contributed by atoms with E-state index in [1.54, 1.807) is 24.3 Å². The Balaban J connectivity index is 1.89. The molecule has 0 bridgehead atoms. The van der Waals surface area contributed by atoms with E-state index in [1.807, 2.05) is 62.4 Å². The van der Waals surface area contributed by atoms with Crippen LogP contribution in [0.25, 0.3) is 5.76 Å². The van der Waals surface area contributed by atoms with Crippen LogP contribution in [0.4, 0.5) is 5.69 Å². The number of rotatable bonds is 5. The monoisotopic (exact) mass is 525 g/mol. The molecule has 0 aromatic heterocycles. The van der Waals surface area contributed by atoms with Crippen LogP contribution < -0.4 is 9.64 Å². The molecule has 204 valence electrons. The Morgan fingerprint density at radius 3 is 1.87 bits per heavy atom. The third kappa shape index (κ3) is 5.78. The molecule has 1 fully saturated rings. The minimum absolute atomic E-state index is 0.0506. The third-order valence-corrected chi connectivity index (χ3v) is 7.03. The summed E-state index contributed by atoms with van der Waals surface area (Å²) in [5.74, 6) is -1.03. The van der Waals surface area contributed by atoms with E-state index in [0.717, 1.165) is 16.7 Å². The zero-order chi connectivity index (χ0) is 28.7. The molecule has 1 amide bonds. The summed E-state index contributed by atoms with van der Waals surface area (Å²) in [6.07, 6.45) is -0.0506. The largest absolute Gasteiger partial charge is 0.507 e. The van der Waals surface area contributed by atoms with Crippen LogP contribution in [0.5, 0.6) is 5.75 Å². The Morgan fingerprint density at radius 1 is 0.821 bits per heavy atom. The van der Waals surface area contributed by atoms with Crippen molar-refractivity contribution >= 4 is 23.1 Å². The molecule has 1 aliphatic rings. The van der Waals surface area contributed by atoms with Gasteiger partial charge >= 0.3 is 0 Å². The summed E-state index contributed by atoms with van der Waals surface area (Å²) in [5, 5.41) is 11.5. The van der Waals surface area contributed by atoms with E-state index in [0.29, 0.717) is 17.0 Å². The van der Waals surface area contributed by atoms with Crippen molar-refractivity contribution in [2.24, 2.45) is 0 Å². The molecule has 3 aromatic carbocycles. The molecule has 4 rings (SSSR count). The van der Waals surface area contributed by atoms with E-state index in [2.05, 4.69) is 41.5 Å². The Bertz CT molecular complexity index is 1400. The van der Waals surface area contributed by atoms with Gasteiger partial charge in [0.1, 0.15) is 11.5 Å². The van der Waals surface area contributed by atoms with Crippen molar-refractivity contribution in [1.82, 2.24) is 0 Å². The Morgan fingerprint density at radius 2 is 1.36 bits per heavy atom. The number of carbonyl (C=O) groups excluding carboxylic acids is 2. The summed E-state index contributed by atoms with van der Waals surface area (Å²) < 4.78 is 5.81. The smallest absolute Gasteiger partial charge is 0.300 e. The van der Waals surface area contributed by atoms with E-state index in [9.17, 15) is 14.7 Å². The van der Waals surface area contributed by atoms with Gasteiger partial charge in [0.05, 0.1) is 17.7 Å². The second-order valence-electron chi connectivity index (χ2n) is 12.5. The first kappa shape index (κ1) is 28.2. The number of aliphatic hydroxyl groups excluding tert-OH is 1. The highest BCUT2D eigenvalue weighted by Gasteiger charge is 2.47. The van der Waals surface area contributed by atoms with Crippen molar-refractivity contribution in [3.8, 4) is 5.75 Å². The van der Waals surface area contributed by atoms with Crippen LogP contribution in [0.1, 0.15) is 83.7 Å². The molecule has 0 radical (unpaired) electrons. The number of ether oxygens (including phenoxy) is 1. The van der Waals surface area contributed by atoms with Gasteiger partial charge in [-0.15, -0.1) is 0 Å². The molecule has 1 aliphatic heterocycles. The first-order chi connectivity index (χ1) is 18.2. The lowest BCUT2D eigenvalue weighted by atomic mass is 9.85. The molecule has 1 N–H and O–H groups in total. The Kier molecular flexibility index (Phi) is 7.48. The highest BCUT2D eigenvalue weighted by Crippen LogP contribution is 2.43. The first-order valence-electron chi connectivity index (χ1n) is 13.5. The van der Waals surface area contributed by atoms with E-state index in [1.165, 1.54) is 4.90 Å². The average Bonchev–Trinajstić information content (AvgIpc) is 3.12. The fraction of sp³-hybridized carbons (Fsp3) is 0.353. The number of hydrogen-bond acceptors (Lipinski definition) is 4. The van der Waals surface area contributed by atoms with Crippen molar-refractivity contribution in [2.75, 3.05) is 4.90 Å². The van der Waals surface area contributed by atoms with Gasteiger partial charge in [-0.05, 0) is 65.6 Å². The van der Waals surface area contributed by atoms with E-state index in [4.69, 9.17) is 4.74 Å². The van der Waals surface area contributed by atoms with E-state index in [-0.39, 0.29) is 28.3 Å². The van der Waals surface area contributed by atoms with Gasteiger partial charge < -0.3 is 9.84 Å². The summed E-state index contributed by atoms with van der Waals surface area (Å²) in [4.78, 5) is 28.6. The summed E-state index contributed by atoms with van der Waals surface area (Å²) in [7, 11) is 0. The molecular formula is C34H39NO4. The topological polar surface area (TPSA) is 66.8 Å². The third-order valence-electron chi connectivity index (χ3n) is 7.03. The van der Waals surface area contributed by atoms with Gasteiger partial charge in [-0.3, -0.25) is 14.5 Å². The molecule has 5 heteroatoms. The highest BCUT2D eigenvalue weighted by molar-refractivity contribution is 6.51. The van der Waals surface area contributed by atoms with Crippen LogP contribution in [0.15, 0.2) is 78.4 Å². The van der Waals surface area contributed by atoms with Crippen LogP contribution in [-0.2, 0) is 20.4 Å². The maximum absolute atomic E-state index is 13.6. The first-order valence-corrected chi connectivity index (χ1v) is 13.5. The molecule has 1 unspecified atom stereocenters. The minimum atomic E-state index is -0.783. The number of carbonyl (C=O) groups is 2. The normalized spacial score (nSPS) is 17.7. The number of benzene rings is 3. The van der Waals surface area contributed by atoms with E-state index < -0.39 is 17.7 Å². The number of Topliss-reactive ketones (excluding diaryl/α,β-unsaturated/α-hetero) is 1. The number of nitrogens with zero attached hydrogens (tertiary/aromatic N) is 1. The maximum atomic E-state index is 13.6. The van der Waals surface area contributed by atoms with Crippen molar-refractivity contribution in [1.29, 1.82) is 0 Å². The molecule has 39 heavy (non-hydrogen) atoms. The SMILES string of the molecule is CC(C)Oc1cccc(/C(O)=C2/C(=O)C(=O)N(c3ccc(C(C)(C)C)cc3)C2c2ccc(C(C)(C)C)cc2)c1. The van der Waals surface area contributed by atoms with E-state index >= 15 is 0 Å². The molecule has 1 atom stereocenters. The predicted octanol–water partition coefficient (Wildman–Crippen LogP) is 7.70. The Labute approximate surface area is 232 Å². The molecule has 1 heterocycles. The van der Waals surface area contributed by atoms with Gasteiger partial charge in [-0.2, -0.15) is 0 Å². The quantitative estimate of drug-likeness (QED) is 0.211. The van der Waals surface area contributed by atoms with Crippen LogP contribution in [0.2, 0.25) is 0 Å². The van der Waals surface area contributed by atoms with Crippen molar-refractivity contribution < 1.29 is 19.4 Å². The van der Waals surface area contributed by atoms with Gasteiger partial charge in [-0.1, -0.05) is 90.1 Å². The summed E-state index contributed by atoms with van der Waals surface area (Å²) in [5.41, 5.74) is 3.98. The number of aliphatic hydroxyl groups is 1. The summed E-state index contributed by atoms with van der Waals surface area (Å²) in [6.45, 7) is 16.6. The highest BCUT2D eigenvalue weighted by atomic mass is 16.5. The number of anilines is 1. The van der Waals surface area contributed by atoms with Gasteiger partial charge in [0.2, 0.25) is 0 Å². The van der Waals surface area contributed by atoms with Crippen LogP contribution in [0, 0.1) is 0 Å².